The first kappa shape index (κ1) is 17.5. The standard InChI is InChI=1S/C19H18FN5OS/c1-11-7-9-13(10-8-11)16-17(27-19-23-22-12(2)25(19)24-16)18(26)21-15-6-4-3-5-14(15)20/h3-10,16-17,24H,1-2H3,(H,21,26)/t16-,17+/m0/s1. The van der Waals surface area contributed by atoms with Gasteiger partial charge in [0.15, 0.2) is 0 Å². The molecule has 2 aromatic carbocycles. The fraction of sp³-hybridized carbons (Fsp3) is 0.211. The average Bonchev–Trinajstić information content (AvgIpc) is 3.03. The Morgan fingerprint density at radius 1 is 1.15 bits per heavy atom. The minimum absolute atomic E-state index is 0.161. The molecule has 27 heavy (non-hydrogen) atoms. The molecule has 138 valence electrons. The minimum atomic E-state index is -0.539. The number of aryl methyl sites for hydroxylation is 2. The quantitative estimate of drug-likeness (QED) is 0.725. The number of fused-ring (bicyclic) bond motifs is 1. The Kier molecular flexibility index (Phi) is 4.57. The highest BCUT2D eigenvalue weighted by molar-refractivity contribution is 8.00. The predicted octanol–water partition coefficient (Wildman–Crippen LogP) is 3.43. The molecule has 1 amide bonds. The molecule has 6 nitrogen and oxygen atoms in total. The lowest BCUT2D eigenvalue weighted by molar-refractivity contribution is -0.116. The van der Waals surface area contributed by atoms with E-state index in [1.807, 2.05) is 38.1 Å². The number of carbonyl (C=O) groups excluding carboxylic acids is 1. The third-order valence-corrected chi connectivity index (χ3v) is 5.64. The van der Waals surface area contributed by atoms with Crippen LogP contribution in [0.25, 0.3) is 0 Å². The van der Waals surface area contributed by atoms with Crippen molar-refractivity contribution in [2.45, 2.75) is 30.3 Å². The van der Waals surface area contributed by atoms with E-state index in [0.717, 1.165) is 11.1 Å². The zero-order valence-electron chi connectivity index (χ0n) is 14.8. The van der Waals surface area contributed by atoms with Crippen LogP contribution in [0.1, 0.15) is 23.0 Å². The zero-order valence-corrected chi connectivity index (χ0v) is 15.6. The molecule has 4 rings (SSSR count). The van der Waals surface area contributed by atoms with Crippen LogP contribution in [-0.4, -0.2) is 26.0 Å². The number of nitrogens with one attached hydrogen (secondary N) is 2. The number of para-hydroxylation sites is 1. The van der Waals surface area contributed by atoms with E-state index < -0.39 is 11.1 Å². The van der Waals surface area contributed by atoms with Gasteiger partial charge in [-0.2, -0.15) is 0 Å². The van der Waals surface area contributed by atoms with E-state index >= 15 is 0 Å². The Morgan fingerprint density at radius 2 is 1.89 bits per heavy atom. The zero-order chi connectivity index (χ0) is 19.0. The molecular weight excluding hydrogens is 365 g/mol. The average molecular weight is 383 g/mol. The normalized spacial score (nSPS) is 18.5. The van der Waals surface area contributed by atoms with Gasteiger partial charge in [0.25, 0.3) is 0 Å². The van der Waals surface area contributed by atoms with Gasteiger partial charge in [-0.25, -0.2) is 9.07 Å². The number of hydrogen-bond donors (Lipinski definition) is 2. The van der Waals surface area contributed by atoms with Crippen molar-refractivity contribution in [2.24, 2.45) is 0 Å². The summed E-state index contributed by atoms with van der Waals surface area (Å²) in [5, 5.41) is 10.9. The first-order chi connectivity index (χ1) is 13.0. The summed E-state index contributed by atoms with van der Waals surface area (Å²) in [6.45, 7) is 3.85. The van der Waals surface area contributed by atoms with Crippen LogP contribution in [0.2, 0.25) is 0 Å². The number of carbonyl (C=O) groups is 1. The summed E-state index contributed by atoms with van der Waals surface area (Å²) in [5.41, 5.74) is 5.58. The maximum atomic E-state index is 14.0. The lowest BCUT2D eigenvalue weighted by Gasteiger charge is -2.32. The number of halogens is 1. The summed E-state index contributed by atoms with van der Waals surface area (Å²) >= 11 is 1.31. The van der Waals surface area contributed by atoms with Gasteiger partial charge in [-0.3, -0.25) is 4.79 Å². The first-order valence-corrected chi connectivity index (χ1v) is 9.38. The third kappa shape index (κ3) is 3.40. The monoisotopic (exact) mass is 383 g/mol. The molecule has 8 heteroatoms. The Hall–Kier alpha value is -2.87. The van der Waals surface area contributed by atoms with Crippen molar-refractivity contribution in [3.8, 4) is 0 Å². The van der Waals surface area contributed by atoms with Crippen LogP contribution in [0.3, 0.4) is 0 Å². The van der Waals surface area contributed by atoms with Crippen molar-refractivity contribution in [3.05, 3.63) is 71.3 Å². The molecule has 2 heterocycles. The maximum Gasteiger partial charge on any atom is 0.240 e. The lowest BCUT2D eigenvalue weighted by Crippen LogP contribution is -2.41. The summed E-state index contributed by atoms with van der Waals surface area (Å²) in [6.07, 6.45) is 0. The van der Waals surface area contributed by atoms with Crippen LogP contribution < -0.4 is 10.7 Å². The van der Waals surface area contributed by atoms with E-state index in [2.05, 4.69) is 20.9 Å². The van der Waals surface area contributed by atoms with Gasteiger partial charge in [0.1, 0.15) is 16.9 Å². The van der Waals surface area contributed by atoms with Crippen LogP contribution in [0.4, 0.5) is 10.1 Å². The SMILES string of the molecule is Cc1ccc([C@@H]2Nn3c(C)nnc3S[C@H]2C(=O)Nc2ccccc2F)cc1. The molecule has 0 saturated carbocycles. The van der Waals surface area contributed by atoms with Crippen molar-refractivity contribution >= 4 is 23.4 Å². The Labute approximate surface area is 160 Å². The van der Waals surface area contributed by atoms with Crippen LogP contribution >= 0.6 is 11.8 Å². The second-order valence-electron chi connectivity index (χ2n) is 6.39. The van der Waals surface area contributed by atoms with Gasteiger partial charge in [-0.05, 0) is 31.5 Å². The summed E-state index contributed by atoms with van der Waals surface area (Å²) in [6, 6.07) is 13.8. The van der Waals surface area contributed by atoms with Crippen molar-refractivity contribution in [1.29, 1.82) is 0 Å². The van der Waals surface area contributed by atoms with Crippen LogP contribution in [0.5, 0.6) is 0 Å². The van der Waals surface area contributed by atoms with E-state index in [0.29, 0.717) is 11.0 Å². The lowest BCUT2D eigenvalue weighted by atomic mass is 10.0. The summed E-state index contributed by atoms with van der Waals surface area (Å²) in [5.74, 6) is -0.0526. The molecule has 2 N–H and O–H groups in total. The molecule has 3 aromatic rings. The maximum absolute atomic E-state index is 14.0. The van der Waals surface area contributed by atoms with Gasteiger partial charge in [0, 0.05) is 0 Å². The Balaban J connectivity index is 1.68. The van der Waals surface area contributed by atoms with Gasteiger partial charge in [-0.1, -0.05) is 53.7 Å². The topological polar surface area (TPSA) is 71.8 Å². The fourth-order valence-electron chi connectivity index (χ4n) is 2.95. The molecule has 0 radical (unpaired) electrons. The van der Waals surface area contributed by atoms with Crippen molar-refractivity contribution in [3.63, 3.8) is 0 Å². The van der Waals surface area contributed by atoms with Crippen molar-refractivity contribution < 1.29 is 9.18 Å². The highest BCUT2D eigenvalue weighted by atomic mass is 32.2. The molecule has 0 saturated heterocycles. The number of nitrogens with zero attached hydrogens (tertiary/aromatic N) is 3. The number of benzene rings is 2. The Morgan fingerprint density at radius 3 is 2.63 bits per heavy atom. The molecule has 1 aliphatic heterocycles. The molecule has 0 fully saturated rings. The van der Waals surface area contributed by atoms with Gasteiger partial charge < -0.3 is 10.7 Å². The number of rotatable bonds is 3. The van der Waals surface area contributed by atoms with E-state index in [9.17, 15) is 9.18 Å². The molecule has 0 unspecified atom stereocenters. The summed E-state index contributed by atoms with van der Waals surface area (Å²) in [7, 11) is 0. The number of anilines is 1. The second-order valence-corrected chi connectivity index (χ2v) is 7.50. The molecule has 0 aliphatic carbocycles. The molecule has 2 atom stereocenters. The number of thioether (sulfide) groups is 1. The van der Waals surface area contributed by atoms with Gasteiger partial charge in [0.2, 0.25) is 11.1 Å². The number of aromatic nitrogens is 3. The number of amides is 1. The highest BCUT2D eigenvalue weighted by Crippen LogP contribution is 2.37. The number of hydrogen-bond acceptors (Lipinski definition) is 5. The second kappa shape index (κ2) is 7.03. The predicted molar refractivity (Wildman–Crippen MR) is 103 cm³/mol. The van der Waals surface area contributed by atoms with E-state index in [1.165, 1.54) is 17.8 Å². The Bertz CT molecular complexity index is 988. The first-order valence-electron chi connectivity index (χ1n) is 8.50. The molecule has 1 aromatic heterocycles. The molecule has 1 aliphatic rings. The molecule has 0 spiro atoms. The van der Waals surface area contributed by atoms with Gasteiger partial charge in [0.05, 0.1) is 11.7 Å². The third-order valence-electron chi connectivity index (χ3n) is 4.43. The van der Waals surface area contributed by atoms with E-state index in [1.54, 1.807) is 22.9 Å². The highest BCUT2D eigenvalue weighted by Gasteiger charge is 2.37. The van der Waals surface area contributed by atoms with Crippen LogP contribution in [0, 0.1) is 19.7 Å². The van der Waals surface area contributed by atoms with E-state index in [4.69, 9.17) is 0 Å². The van der Waals surface area contributed by atoms with Crippen LogP contribution in [-0.2, 0) is 4.79 Å². The summed E-state index contributed by atoms with van der Waals surface area (Å²) < 4.78 is 15.7. The minimum Gasteiger partial charge on any atom is -0.323 e. The van der Waals surface area contributed by atoms with Crippen molar-refractivity contribution in [2.75, 3.05) is 10.7 Å². The summed E-state index contributed by atoms with van der Waals surface area (Å²) in [4.78, 5) is 13.0. The molecule has 0 bridgehead atoms. The van der Waals surface area contributed by atoms with Gasteiger partial charge in [-0.15, -0.1) is 10.2 Å². The molecular formula is C19H18FN5OS. The van der Waals surface area contributed by atoms with Gasteiger partial charge >= 0.3 is 0 Å². The largest absolute Gasteiger partial charge is 0.323 e. The van der Waals surface area contributed by atoms with Crippen LogP contribution in [0.15, 0.2) is 53.7 Å². The smallest absolute Gasteiger partial charge is 0.240 e. The fourth-order valence-corrected chi connectivity index (χ4v) is 4.08. The van der Waals surface area contributed by atoms with E-state index in [-0.39, 0.29) is 17.6 Å². The van der Waals surface area contributed by atoms with Crippen molar-refractivity contribution in [1.82, 2.24) is 14.9 Å².